The Kier molecular flexibility index (Phi) is 3.66. The number of halogens is 2. The summed E-state index contributed by atoms with van der Waals surface area (Å²) < 4.78 is 5.60. The SMILES string of the molecule is Cc1c(Cl)nc[nH+]c1Oc1ccc(C#N)cc1Cl. The van der Waals surface area contributed by atoms with Crippen LogP contribution in [0.4, 0.5) is 0 Å². The van der Waals surface area contributed by atoms with Crippen molar-refractivity contribution in [1.82, 2.24) is 4.98 Å². The molecule has 0 spiro atoms. The molecule has 1 aromatic heterocycles. The first-order valence-corrected chi connectivity index (χ1v) is 5.77. The van der Waals surface area contributed by atoms with Crippen LogP contribution in [0.1, 0.15) is 11.1 Å². The average molecular weight is 281 g/mol. The molecule has 0 fully saturated rings. The fourth-order valence-electron chi connectivity index (χ4n) is 1.32. The van der Waals surface area contributed by atoms with Crippen molar-refractivity contribution in [1.29, 1.82) is 5.26 Å². The minimum absolute atomic E-state index is 0.355. The van der Waals surface area contributed by atoms with E-state index >= 15 is 0 Å². The van der Waals surface area contributed by atoms with Gasteiger partial charge in [-0.2, -0.15) is 5.26 Å². The Morgan fingerprint density at radius 1 is 1.39 bits per heavy atom. The zero-order chi connectivity index (χ0) is 13.1. The molecule has 0 atom stereocenters. The van der Waals surface area contributed by atoms with E-state index in [9.17, 15) is 0 Å². The molecule has 4 nitrogen and oxygen atoms in total. The molecule has 1 aromatic carbocycles. The lowest BCUT2D eigenvalue weighted by atomic mass is 10.2. The highest BCUT2D eigenvalue weighted by Crippen LogP contribution is 2.30. The van der Waals surface area contributed by atoms with Gasteiger partial charge in [0.15, 0.2) is 0 Å². The molecule has 2 aromatic rings. The molecule has 1 heterocycles. The van der Waals surface area contributed by atoms with E-state index in [-0.39, 0.29) is 0 Å². The van der Waals surface area contributed by atoms with E-state index < -0.39 is 0 Å². The molecule has 0 aliphatic carbocycles. The Hall–Kier alpha value is -1.83. The normalized spacial score (nSPS) is 9.89. The summed E-state index contributed by atoms with van der Waals surface area (Å²) in [6, 6.07) is 6.79. The predicted molar refractivity (Wildman–Crippen MR) is 66.8 cm³/mol. The molecule has 18 heavy (non-hydrogen) atoms. The summed E-state index contributed by atoms with van der Waals surface area (Å²) in [7, 11) is 0. The molecule has 2 rings (SSSR count). The topological polar surface area (TPSA) is 60.1 Å². The van der Waals surface area contributed by atoms with Crippen LogP contribution in [-0.2, 0) is 0 Å². The van der Waals surface area contributed by atoms with Gasteiger partial charge in [0.05, 0.1) is 22.2 Å². The first-order chi connectivity index (χ1) is 8.61. The third kappa shape index (κ3) is 2.53. The molecule has 0 bridgehead atoms. The van der Waals surface area contributed by atoms with E-state index in [4.69, 9.17) is 33.2 Å². The minimum atomic E-state index is 0.355. The standard InChI is InChI=1S/C12H7Cl2N3O/c1-7-11(14)16-6-17-12(7)18-10-3-2-8(5-15)4-9(10)13/h2-4,6H,1H3/p+1. The smallest absolute Gasteiger partial charge is 0.295 e. The summed E-state index contributed by atoms with van der Waals surface area (Å²) >= 11 is 11.9. The summed E-state index contributed by atoms with van der Waals surface area (Å²) in [5.41, 5.74) is 1.15. The zero-order valence-corrected chi connectivity index (χ0v) is 10.9. The molecule has 0 saturated carbocycles. The molecule has 0 radical (unpaired) electrons. The lowest BCUT2D eigenvalue weighted by Crippen LogP contribution is -2.10. The summed E-state index contributed by atoms with van der Waals surface area (Å²) in [6.07, 6.45) is 1.43. The molecule has 0 aliphatic heterocycles. The Bertz CT molecular complexity index is 638. The number of rotatable bonds is 2. The molecule has 0 saturated heterocycles. The van der Waals surface area contributed by atoms with Crippen molar-refractivity contribution in [3.63, 3.8) is 0 Å². The van der Waals surface area contributed by atoms with Crippen molar-refractivity contribution in [2.24, 2.45) is 0 Å². The summed E-state index contributed by atoms with van der Waals surface area (Å²) in [6.45, 7) is 1.78. The minimum Gasteiger partial charge on any atom is -0.421 e. The van der Waals surface area contributed by atoms with Crippen LogP contribution in [0.5, 0.6) is 11.6 Å². The van der Waals surface area contributed by atoms with Crippen molar-refractivity contribution in [2.45, 2.75) is 6.92 Å². The van der Waals surface area contributed by atoms with Crippen molar-refractivity contribution < 1.29 is 9.72 Å². The largest absolute Gasteiger partial charge is 0.421 e. The molecule has 0 unspecified atom stereocenters. The van der Waals surface area contributed by atoms with Crippen LogP contribution in [0.25, 0.3) is 0 Å². The quantitative estimate of drug-likeness (QED) is 0.794. The van der Waals surface area contributed by atoms with Gasteiger partial charge in [-0.1, -0.05) is 11.6 Å². The maximum atomic E-state index is 8.74. The van der Waals surface area contributed by atoms with Crippen molar-refractivity contribution >= 4 is 23.2 Å². The van der Waals surface area contributed by atoms with Crippen LogP contribution in [-0.4, -0.2) is 4.98 Å². The lowest BCUT2D eigenvalue weighted by molar-refractivity contribution is -0.396. The molecule has 1 N–H and O–H groups in total. The fourth-order valence-corrected chi connectivity index (χ4v) is 1.67. The van der Waals surface area contributed by atoms with Crippen molar-refractivity contribution in [3.8, 4) is 17.7 Å². The maximum Gasteiger partial charge on any atom is 0.295 e. The third-order valence-electron chi connectivity index (χ3n) is 2.30. The number of aromatic nitrogens is 2. The Morgan fingerprint density at radius 3 is 2.83 bits per heavy atom. The van der Waals surface area contributed by atoms with Gasteiger partial charge in [0.1, 0.15) is 5.75 Å². The zero-order valence-electron chi connectivity index (χ0n) is 9.37. The predicted octanol–water partition coefficient (Wildman–Crippen LogP) is 3.17. The van der Waals surface area contributed by atoms with Gasteiger partial charge < -0.3 is 4.74 Å². The third-order valence-corrected chi connectivity index (χ3v) is 2.97. The Balaban J connectivity index is 2.35. The van der Waals surface area contributed by atoms with Crippen LogP contribution >= 0.6 is 23.2 Å². The van der Waals surface area contributed by atoms with Gasteiger partial charge >= 0.3 is 0 Å². The Morgan fingerprint density at radius 2 is 2.17 bits per heavy atom. The number of hydrogen-bond acceptors (Lipinski definition) is 3. The lowest BCUT2D eigenvalue weighted by Gasteiger charge is -2.06. The van der Waals surface area contributed by atoms with Gasteiger partial charge in [-0.05, 0) is 41.7 Å². The molecule has 0 aliphatic rings. The van der Waals surface area contributed by atoms with Gasteiger partial charge in [0.25, 0.3) is 17.4 Å². The number of nitrogens with one attached hydrogen (secondary N) is 1. The van der Waals surface area contributed by atoms with Crippen molar-refractivity contribution in [2.75, 3.05) is 0 Å². The van der Waals surface area contributed by atoms with Gasteiger partial charge in [0.2, 0.25) is 0 Å². The van der Waals surface area contributed by atoms with Crippen LogP contribution < -0.4 is 9.72 Å². The first kappa shape index (κ1) is 12.6. The average Bonchev–Trinajstić information content (AvgIpc) is 2.37. The number of nitrogens with zero attached hydrogens (tertiary/aromatic N) is 2. The Labute approximate surface area is 114 Å². The molecule has 0 amide bonds. The van der Waals surface area contributed by atoms with Crippen molar-refractivity contribution in [3.05, 3.63) is 45.8 Å². The second-order valence-electron chi connectivity index (χ2n) is 3.51. The van der Waals surface area contributed by atoms with E-state index in [1.54, 1.807) is 19.1 Å². The number of ether oxygens (including phenoxy) is 1. The highest BCUT2D eigenvalue weighted by molar-refractivity contribution is 6.32. The fraction of sp³-hybridized carbons (Fsp3) is 0.0833. The number of H-pyrrole nitrogens is 1. The summed E-state index contributed by atoms with van der Waals surface area (Å²) in [5.74, 6) is 0.902. The maximum absolute atomic E-state index is 8.74. The monoisotopic (exact) mass is 280 g/mol. The number of hydrogen-bond donors (Lipinski definition) is 0. The van der Waals surface area contributed by atoms with E-state index in [0.29, 0.717) is 32.9 Å². The van der Waals surface area contributed by atoms with Crippen LogP contribution in [0.3, 0.4) is 0 Å². The number of aromatic amines is 1. The molecular formula is C12H8Cl2N3O+. The summed E-state index contributed by atoms with van der Waals surface area (Å²) in [4.78, 5) is 6.73. The highest BCUT2D eigenvalue weighted by atomic mass is 35.5. The molecule has 90 valence electrons. The summed E-state index contributed by atoms with van der Waals surface area (Å²) in [5, 5.41) is 9.45. The first-order valence-electron chi connectivity index (χ1n) is 5.02. The van der Waals surface area contributed by atoms with Crippen LogP contribution in [0.15, 0.2) is 24.5 Å². The molecular weight excluding hydrogens is 273 g/mol. The van der Waals surface area contributed by atoms with E-state index in [2.05, 4.69) is 9.97 Å². The van der Waals surface area contributed by atoms with E-state index in [0.717, 1.165) is 0 Å². The van der Waals surface area contributed by atoms with E-state index in [1.807, 2.05) is 6.07 Å². The van der Waals surface area contributed by atoms with Gasteiger partial charge in [-0.25, -0.2) is 4.98 Å². The van der Waals surface area contributed by atoms with Gasteiger partial charge in [-0.15, -0.1) is 0 Å². The second-order valence-corrected chi connectivity index (χ2v) is 4.27. The second kappa shape index (κ2) is 5.21. The number of benzene rings is 1. The molecule has 6 heteroatoms. The highest BCUT2D eigenvalue weighted by Gasteiger charge is 2.14. The van der Waals surface area contributed by atoms with Gasteiger partial charge in [0, 0.05) is 0 Å². The van der Waals surface area contributed by atoms with Gasteiger partial charge in [-0.3, -0.25) is 0 Å². The van der Waals surface area contributed by atoms with E-state index in [1.165, 1.54) is 12.4 Å². The van der Waals surface area contributed by atoms with Crippen LogP contribution in [0.2, 0.25) is 10.2 Å². The number of nitriles is 1. The van der Waals surface area contributed by atoms with Crippen LogP contribution in [0, 0.1) is 18.3 Å².